The van der Waals surface area contributed by atoms with Crippen LogP contribution < -0.4 is 5.32 Å². The summed E-state index contributed by atoms with van der Waals surface area (Å²) in [6.07, 6.45) is 0.284. The number of hydrogen-bond acceptors (Lipinski definition) is 4. The van der Waals surface area contributed by atoms with E-state index in [1.165, 1.54) is 16.8 Å². The van der Waals surface area contributed by atoms with Crippen LogP contribution in [0.3, 0.4) is 0 Å². The fourth-order valence-electron chi connectivity index (χ4n) is 3.68. The van der Waals surface area contributed by atoms with E-state index >= 15 is 0 Å². The molecule has 34 heavy (non-hydrogen) atoms. The van der Waals surface area contributed by atoms with Gasteiger partial charge in [-0.3, -0.25) is 18.9 Å². The maximum atomic E-state index is 13.6. The Balaban J connectivity index is 1.58. The first-order chi connectivity index (χ1) is 16.3. The lowest BCUT2D eigenvalue weighted by Crippen LogP contribution is -2.16. The summed E-state index contributed by atoms with van der Waals surface area (Å²) in [7, 11) is 1.61. The Labute approximate surface area is 191 Å². The number of alkyl halides is 3. The Morgan fingerprint density at radius 3 is 2.50 bits per heavy atom. The first kappa shape index (κ1) is 21.4. The van der Waals surface area contributed by atoms with Gasteiger partial charge in [-0.2, -0.15) is 18.3 Å². The number of imidazole rings is 1. The topological polar surface area (TPSA) is 77.1 Å². The number of anilines is 1. The number of nitrogens with zero attached hydrogens (tertiary/aromatic N) is 5. The highest BCUT2D eigenvalue weighted by Gasteiger charge is 2.34. The molecule has 0 saturated heterocycles. The van der Waals surface area contributed by atoms with Gasteiger partial charge < -0.3 is 5.32 Å². The molecule has 0 aliphatic rings. The van der Waals surface area contributed by atoms with Gasteiger partial charge in [0.1, 0.15) is 17.2 Å². The predicted octanol–water partition coefficient (Wildman–Crippen LogP) is 5.07. The van der Waals surface area contributed by atoms with Crippen LogP contribution in [0.5, 0.6) is 0 Å². The van der Waals surface area contributed by atoms with Crippen molar-refractivity contribution in [1.29, 1.82) is 0 Å². The molecule has 4 heterocycles. The van der Waals surface area contributed by atoms with Crippen LogP contribution in [0.1, 0.15) is 15.9 Å². The van der Waals surface area contributed by atoms with E-state index in [0.29, 0.717) is 22.9 Å². The molecule has 0 atom stereocenters. The number of carbonyl (C=O) groups is 1. The van der Waals surface area contributed by atoms with Gasteiger partial charge >= 0.3 is 6.18 Å². The Kier molecular flexibility index (Phi) is 5.12. The number of pyridine rings is 2. The zero-order valence-corrected chi connectivity index (χ0v) is 17.8. The van der Waals surface area contributed by atoms with Crippen molar-refractivity contribution in [3.8, 4) is 22.6 Å². The van der Waals surface area contributed by atoms with Gasteiger partial charge in [0.2, 0.25) is 0 Å². The molecule has 0 radical (unpaired) electrons. The van der Waals surface area contributed by atoms with Gasteiger partial charge in [0.25, 0.3) is 5.91 Å². The standard InChI is InChI=1S/C24H17F3N6O/c1-32-13-10-18(31-32)16-14-15(8-9-17(16)24(25,26)27)23(34)30-22-21(19-6-2-4-11-28-19)29-20-7-3-5-12-33(20)22/h2-14H,1H3,(H,30,34). The number of carbonyl (C=O) groups excluding carboxylic acids is 1. The van der Waals surface area contributed by atoms with E-state index in [4.69, 9.17) is 0 Å². The van der Waals surface area contributed by atoms with E-state index in [9.17, 15) is 18.0 Å². The van der Waals surface area contributed by atoms with Gasteiger partial charge in [-0.25, -0.2) is 4.98 Å². The van der Waals surface area contributed by atoms with Crippen molar-refractivity contribution in [2.75, 3.05) is 5.32 Å². The van der Waals surface area contributed by atoms with E-state index in [-0.39, 0.29) is 16.8 Å². The summed E-state index contributed by atoms with van der Waals surface area (Å²) in [4.78, 5) is 22.1. The van der Waals surface area contributed by atoms with Crippen LogP contribution in [0.25, 0.3) is 28.3 Å². The Bertz CT molecular complexity index is 1500. The van der Waals surface area contributed by atoms with Gasteiger partial charge in [-0.15, -0.1) is 0 Å². The highest BCUT2D eigenvalue weighted by Crippen LogP contribution is 2.37. The molecule has 0 aliphatic carbocycles. The molecule has 170 valence electrons. The van der Waals surface area contributed by atoms with E-state index in [2.05, 4.69) is 20.4 Å². The van der Waals surface area contributed by atoms with Crippen molar-refractivity contribution in [3.63, 3.8) is 0 Å². The van der Waals surface area contributed by atoms with Crippen LogP contribution in [-0.2, 0) is 13.2 Å². The Morgan fingerprint density at radius 1 is 0.971 bits per heavy atom. The van der Waals surface area contributed by atoms with E-state index < -0.39 is 17.6 Å². The smallest absolute Gasteiger partial charge is 0.306 e. The summed E-state index contributed by atoms with van der Waals surface area (Å²) in [5, 5.41) is 6.89. The number of amides is 1. The molecule has 1 amide bonds. The Hall–Kier alpha value is -4.47. The van der Waals surface area contributed by atoms with Crippen molar-refractivity contribution >= 4 is 17.4 Å². The monoisotopic (exact) mass is 462 g/mol. The number of hydrogen-bond donors (Lipinski definition) is 1. The maximum absolute atomic E-state index is 13.6. The number of fused-ring (bicyclic) bond motifs is 1. The molecule has 0 spiro atoms. The molecule has 0 saturated carbocycles. The van der Waals surface area contributed by atoms with Crippen LogP contribution in [0.2, 0.25) is 0 Å². The third-order valence-corrected chi connectivity index (χ3v) is 5.25. The molecule has 0 fully saturated rings. The van der Waals surface area contributed by atoms with Crippen LogP contribution in [0.4, 0.5) is 19.0 Å². The number of nitrogens with one attached hydrogen (secondary N) is 1. The molecular formula is C24H17F3N6O. The number of aryl methyl sites for hydroxylation is 1. The highest BCUT2D eigenvalue weighted by molar-refractivity contribution is 6.06. The van der Waals surface area contributed by atoms with Gasteiger partial charge in [-0.05, 0) is 48.5 Å². The van der Waals surface area contributed by atoms with E-state index in [0.717, 1.165) is 12.1 Å². The second-order valence-corrected chi connectivity index (χ2v) is 7.54. The van der Waals surface area contributed by atoms with Crippen molar-refractivity contribution in [2.24, 2.45) is 7.05 Å². The van der Waals surface area contributed by atoms with Crippen molar-refractivity contribution in [3.05, 3.63) is 90.4 Å². The van der Waals surface area contributed by atoms with E-state index in [1.54, 1.807) is 60.4 Å². The molecule has 1 aromatic carbocycles. The quantitative estimate of drug-likeness (QED) is 0.405. The molecule has 5 rings (SSSR count). The number of benzene rings is 1. The molecule has 5 aromatic rings. The minimum Gasteiger partial charge on any atom is -0.306 e. The summed E-state index contributed by atoms with van der Waals surface area (Å²) in [5.74, 6) is -0.229. The molecule has 0 aliphatic heterocycles. The normalized spacial score (nSPS) is 11.6. The van der Waals surface area contributed by atoms with Crippen molar-refractivity contribution in [1.82, 2.24) is 24.1 Å². The molecule has 0 unspecified atom stereocenters. The van der Waals surface area contributed by atoms with Gasteiger partial charge in [0.05, 0.1) is 17.0 Å². The van der Waals surface area contributed by atoms with Crippen molar-refractivity contribution in [2.45, 2.75) is 6.18 Å². The van der Waals surface area contributed by atoms with Crippen LogP contribution in [-0.4, -0.2) is 30.1 Å². The minimum atomic E-state index is -4.60. The molecule has 0 bridgehead atoms. The fraction of sp³-hybridized carbons (Fsp3) is 0.0833. The molecule has 7 nitrogen and oxygen atoms in total. The van der Waals surface area contributed by atoms with Gasteiger partial charge in [0.15, 0.2) is 0 Å². The predicted molar refractivity (Wildman–Crippen MR) is 120 cm³/mol. The highest BCUT2D eigenvalue weighted by atomic mass is 19.4. The SMILES string of the molecule is Cn1ccc(-c2cc(C(=O)Nc3c(-c4ccccn4)nc4ccccn34)ccc2C(F)(F)F)n1. The number of halogens is 3. The summed E-state index contributed by atoms with van der Waals surface area (Å²) >= 11 is 0. The first-order valence-corrected chi connectivity index (χ1v) is 10.2. The maximum Gasteiger partial charge on any atom is 0.417 e. The summed E-state index contributed by atoms with van der Waals surface area (Å²) < 4.78 is 44.0. The average molecular weight is 462 g/mol. The number of rotatable bonds is 4. The van der Waals surface area contributed by atoms with Crippen LogP contribution >= 0.6 is 0 Å². The lowest BCUT2D eigenvalue weighted by Gasteiger charge is -2.13. The lowest BCUT2D eigenvalue weighted by molar-refractivity contribution is -0.137. The Morgan fingerprint density at radius 2 is 1.79 bits per heavy atom. The zero-order valence-electron chi connectivity index (χ0n) is 17.8. The van der Waals surface area contributed by atoms with Crippen molar-refractivity contribution < 1.29 is 18.0 Å². The van der Waals surface area contributed by atoms with Gasteiger partial charge in [0, 0.05) is 36.8 Å². The molecule has 10 heteroatoms. The van der Waals surface area contributed by atoms with Gasteiger partial charge in [-0.1, -0.05) is 12.1 Å². The molecular weight excluding hydrogens is 445 g/mol. The summed E-state index contributed by atoms with van der Waals surface area (Å²) in [5.41, 5.74) is 0.690. The average Bonchev–Trinajstić information content (AvgIpc) is 3.42. The first-order valence-electron chi connectivity index (χ1n) is 10.2. The van der Waals surface area contributed by atoms with Crippen LogP contribution in [0.15, 0.2) is 79.3 Å². The molecule has 4 aromatic heterocycles. The fourth-order valence-corrected chi connectivity index (χ4v) is 3.68. The summed E-state index contributed by atoms with van der Waals surface area (Å²) in [6, 6.07) is 15.4. The largest absolute Gasteiger partial charge is 0.417 e. The third-order valence-electron chi connectivity index (χ3n) is 5.25. The summed E-state index contributed by atoms with van der Waals surface area (Å²) in [6.45, 7) is 0. The minimum absolute atomic E-state index is 0.0477. The lowest BCUT2D eigenvalue weighted by atomic mass is 10.0. The second-order valence-electron chi connectivity index (χ2n) is 7.54. The van der Waals surface area contributed by atoms with Crippen LogP contribution in [0, 0.1) is 0 Å². The second kappa shape index (κ2) is 8.14. The third kappa shape index (κ3) is 3.90. The number of aromatic nitrogens is 5. The van der Waals surface area contributed by atoms with E-state index in [1.807, 2.05) is 6.07 Å². The zero-order chi connectivity index (χ0) is 23.9. The molecule has 1 N–H and O–H groups in total.